The fraction of sp³-hybridized carbons (Fsp3) is 0.0417. The van der Waals surface area contributed by atoms with Gasteiger partial charge in [-0.1, -0.05) is 36.4 Å². The molecule has 8 nitrogen and oxygen atoms in total. The molecule has 0 fully saturated rings. The summed E-state index contributed by atoms with van der Waals surface area (Å²) >= 11 is 0. The fourth-order valence-electron chi connectivity index (χ4n) is 3.46. The van der Waals surface area contributed by atoms with E-state index in [4.69, 9.17) is 4.42 Å². The number of aromatic nitrogens is 5. The van der Waals surface area contributed by atoms with E-state index in [2.05, 4.69) is 25.8 Å². The van der Waals surface area contributed by atoms with Crippen molar-refractivity contribution in [3.8, 4) is 11.4 Å². The number of tetrazole rings is 1. The van der Waals surface area contributed by atoms with Crippen LogP contribution in [0.5, 0.6) is 0 Å². The number of carbonyl (C=O) groups is 1. The Kier molecular flexibility index (Phi) is 5.01. The highest BCUT2D eigenvalue weighted by molar-refractivity contribution is 6.25. The van der Waals surface area contributed by atoms with Gasteiger partial charge in [0.1, 0.15) is 11.5 Å². The van der Waals surface area contributed by atoms with Crippen LogP contribution in [0.4, 0.5) is 5.69 Å². The van der Waals surface area contributed by atoms with Crippen LogP contribution in [0.2, 0.25) is 0 Å². The van der Waals surface area contributed by atoms with Crippen molar-refractivity contribution in [2.75, 3.05) is 5.32 Å². The van der Waals surface area contributed by atoms with Crippen molar-refractivity contribution < 1.29 is 9.21 Å². The zero-order valence-corrected chi connectivity index (χ0v) is 17.1. The van der Waals surface area contributed by atoms with Crippen molar-refractivity contribution in [1.82, 2.24) is 25.2 Å². The Bertz CT molecular complexity index is 1420. The molecule has 0 saturated heterocycles. The Morgan fingerprint density at radius 2 is 1.91 bits per heavy atom. The van der Waals surface area contributed by atoms with Gasteiger partial charge in [0, 0.05) is 23.2 Å². The molecule has 2 aromatic carbocycles. The molecule has 0 saturated carbocycles. The number of carbonyl (C=O) groups excluding carboxylic acids is 1. The summed E-state index contributed by atoms with van der Waals surface area (Å²) in [6, 6.07) is 20.5. The Labute approximate surface area is 183 Å². The third-order valence-electron chi connectivity index (χ3n) is 5.00. The van der Waals surface area contributed by atoms with Gasteiger partial charge in [-0.3, -0.25) is 9.78 Å². The van der Waals surface area contributed by atoms with Crippen LogP contribution in [0.25, 0.3) is 34.1 Å². The number of pyridine rings is 1. The molecular formula is C24H18N6O2. The molecule has 0 unspecified atom stereocenters. The molecule has 8 heteroatoms. The molecule has 0 radical (unpaired) electrons. The topological polar surface area (TPSA) is 98.7 Å². The Hall–Kier alpha value is -4.59. The smallest absolute Gasteiger partial charge is 0.274 e. The van der Waals surface area contributed by atoms with Crippen LogP contribution in [0, 0.1) is 6.92 Å². The average molecular weight is 422 g/mol. The molecule has 0 aliphatic rings. The van der Waals surface area contributed by atoms with Crippen molar-refractivity contribution >= 4 is 34.3 Å². The third kappa shape index (κ3) is 3.65. The molecule has 0 aliphatic heterocycles. The molecule has 156 valence electrons. The molecule has 0 spiro atoms. The number of anilines is 1. The molecule has 32 heavy (non-hydrogen) atoms. The van der Waals surface area contributed by atoms with Gasteiger partial charge in [0.2, 0.25) is 0 Å². The van der Waals surface area contributed by atoms with E-state index in [0.29, 0.717) is 17.3 Å². The Morgan fingerprint density at radius 3 is 2.72 bits per heavy atom. The first-order valence-electron chi connectivity index (χ1n) is 9.96. The van der Waals surface area contributed by atoms with Gasteiger partial charge in [-0.2, -0.15) is 4.68 Å². The molecule has 0 bridgehead atoms. The van der Waals surface area contributed by atoms with Gasteiger partial charge in [-0.15, -0.1) is 5.10 Å². The lowest BCUT2D eigenvalue weighted by Gasteiger charge is -2.13. The highest BCUT2D eigenvalue weighted by atomic mass is 16.3. The largest absolute Gasteiger partial charge is 0.465 e. The average Bonchev–Trinajstić information content (AvgIpc) is 3.52. The number of amides is 1. The number of hydrogen-bond acceptors (Lipinski definition) is 6. The van der Waals surface area contributed by atoms with E-state index in [1.54, 1.807) is 24.4 Å². The Morgan fingerprint density at radius 1 is 1.03 bits per heavy atom. The van der Waals surface area contributed by atoms with Crippen LogP contribution < -0.4 is 5.32 Å². The van der Waals surface area contributed by atoms with Gasteiger partial charge in [-0.25, -0.2) is 0 Å². The molecular weight excluding hydrogens is 404 g/mol. The van der Waals surface area contributed by atoms with Crippen LogP contribution in [0.15, 0.2) is 83.6 Å². The predicted molar refractivity (Wildman–Crippen MR) is 121 cm³/mol. The van der Waals surface area contributed by atoms with Crippen molar-refractivity contribution in [3.05, 3.63) is 90.5 Å². The maximum atomic E-state index is 13.5. The van der Waals surface area contributed by atoms with Crippen LogP contribution in [-0.2, 0) is 4.79 Å². The van der Waals surface area contributed by atoms with Gasteiger partial charge in [0.15, 0.2) is 5.82 Å². The van der Waals surface area contributed by atoms with Gasteiger partial charge in [0.05, 0.1) is 17.5 Å². The number of aryl methyl sites for hydroxylation is 1. The van der Waals surface area contributed by atoms with Gasteiger partial charge in [0.25, 0.3) is 5.91 Å². The summed E-state index contributed by atoms with van der Waals surface area (Å²) in [7, 11) is 0. The number of fused-ring (bicyclic) bond motifs is 1. The summed E-state index contributed by atoms with van der Waals surface area (Å²) in [5.74, 6) is 0.550. The van der Waals surface area contributed by atoms with E-state index in [1.807, 2.05) is 61.5 Å². The molecule has 5 rings (SSSR count). The minimum Gasteiger partial charge on any atom is -0.465 e. The number of nitrogens with zero attached hydrogens (tertiary/aromatic N) is 5. The quantitative estimate of drug-likeness (QED) is 0.421. The first-order chi connectivity index (χ1) is 15.7. The number of furan rings is 1. The molecule has 0 atom stereocenters. The maximum Gasteiger partial charge on any atom is 0.274 e. The summed E-state index contributed by atoms with van der Waals surface area (Å²) in [4.78, 5) is 17.9. The second-order valence-electron chi connectivity index (χ2n) is 7.11. The van der Waals surface area contributed by atoms with Gasteiger partial charge < -0.3 is 9.73 Å². The lowest BCUT2D eigenvalue weighted by atomic mass is 10.1. The second kappa shape index (κ2) is 8.27. The lowest BCUT2D eigenvalue weighted by molar-refractivity contribution is -0.111. The first kappa shape index (κ1) is 19.4. The van der Waals surface area contributed by atoms with Crippen LogP contribution in [0.1, 0.15) is 11.3 Å². The highest BCUT2D eigenvalue weighted by Gasteiger charge is 2.21. The number of nitrogens with one attached hydrogen (secondary N) is 1. The summed E-state index contributed by atoms with van der Waals surface area (Å²) in [6.07, 6.45) is 4.88. The maximum absolute atomic E-state index is 13.5. The molecule has 3 heterocycles. The zero-order chi connectivity index (χ0) is 21.9. The van der Waals surface area contributed by atoms with Crippen LogP contribution in [-0.4, -0.2) is 31.1 Å². The predicted octanol–water partition coefficient (Wildman–Crippen LogP) is 4.43. The van der Waals surface area contributed by atoms with Gasteiger partial charge >= 0.3 is 0 Å². The number of rotatable bonds is 5. The van der Waals surface area contributed by atoms with Crippen molar-refractivity contribution in [1.29, 1.82) is 0 Å². The van der Waals surface area contributed by atoms with E-state index >= 15 is 0 Å². The zero-order valence-electron chi connectivity index (χ0n) is 17.1. The van der Waals surface area contributed by atoms with E-state index in [1.165, 1.54) is 10.9 Å². The standard InChI is InChI=1S/C24H18N6O2/c1-16-11-12-20(19-10-5-13-25-22(16)19)26-24(31)21(15-18-9-6-14-32-18)30-23(27-28-29-30)17-7-3-2-4-8-17/h2-15H,1H3,(H,26,31)/b21-15-. The van der Waals surface area contributed by atoms with Crippen LogP contribution >= 0.6 is 0 Å². The fourth-order valence-corrected chi connectivity index (χ4v) is 3.46. The highest BCUT2D eigenvalue weighted by Crippen LogP contribution is 2.27. The number of benzene rings is 2. The van der Waals surface area contributed by atoms with E-state index in [-0.39, 0.29) is 11.6 Å². The minimum absolute atomic E-state index is 0.210. The SMILES string of the molecule is Cc1ccc(NC(=O)/C(=C/c2ccco2)n2nnnc2-c2ccccc2)c2cccnc12. The Balaban J connectivity index is 1.59. The lowest BCUT2D eigenvalue weighted by Crippen LogP contribution is -2.19. The normalized spacial score (nSPS) is 11.6. The summed E-state index contributed by atoms with van der Waals surface area (Å²) < 4.78 is 6.85. The van der Waals surface area contributed by atoms with E-state index in [0.717, 1.165) is 22.0 Å². The molecule has 1 N–H and O–H groups in total. The molecule has 1 amide bonds. The third-order valence-corrected chi connectivity index (χ3v) is 5.00. The van der Waals surface area contributed by atoms with Crippen molar-refractivity contribution in [3.63, 3.8) is 0 Å². The first-order valence-corrected chi connectivity index (χ1v) is 9.96. The van der Waals surface area contributed by atoms with E-state index in [9.17, 15) is 4.79 Å². The van der Waals surface area contributed by atoms with Crippen molar-refractivity contribution in [2.45, 2.75) is 6.92 Å². The second-order valence-corrected chi connectivity index (χ2v) is 7.11. The number of hydrogen-bond donors (Lipinski definition) is 1. The molecule has 0 aliphatic carbocycles. The van der Waals surface area contributed by atoms with Gasteiger partial charge in [-0.05, 0) is 53.2 Å². The van der Waals surface area contributed by atoms with Crippen molar-refractivity contribution in [2.24, 2.45) is 0 Å². The summed E-state index contributed by atoms with van der Waals surface area (Å²) in [5, 5.41) is 15.8. The monoisotopic (exact) mass is 422 g/mol. The molecule has 3 aromatic heterocycles. The summed E-state index contributed by atoms with van der Waals surface area (Å²) in [5.41, 5.74) is 3.48. The minimum atomic E-state index is -0.389. The van der Waals surface area contributed by atoms with Crippen LogP contribution in [0.3, 0.4) is 0 Å². The summed E-state index contributed by atoms with van der Waals surface area (Å²) in [6.45, 7) is 1.98. The molecule has 5 aromatic rings. The van der Waals surface area contributed by atoms with E-state index < -0.39 is 0 Å².